The molecule has 0 aromatic heterocycles. The third kappa shape index (κ3) is 4.79. The van der Waals surface area contributed by atoms with E-state index in [-0.39, 0.29) is 24.7 Å². The molecule has 6 nitrogen and oxygen atoms in total. The largest absolute Gasteiger partial charge is 0.351 e. The number of nitriles is 2. The van der Waals surface area contributed by atoms with E-state index in [1.807, 2.05) is 12.1 Å². The predicted molar refractivity (Wildman–Crippen MR) is 71.6 cm³/mol. The summed E-state index contributed by atoms with van der Waals surface area (Å²) in [5.41, 5.74) is 0.855. The van der Waals surface area contributed by atoms with E-state index in [0.717, 1.165) is 0 Å². The van der Waals surface area contributed by atoms with Gasteiger partial charge in [0.25, 0.3) is 11.8 Å². The van der Waals surface area contributed by atoms with E-state index in [0.29, 0.717) is 24.2 Å². The highest BCUT2D eigenvalue weighted by molar-refractivity contribution is 5.97. The molecular weight excluding hydrogens is 256 g/mol. The molecule has 0 aliphatic carbocycles. The number of amides is 2. The second kappa shape index (κ2) is 8.28. The maximum atomic E-state index is 11.7. The summed E-state index contributed by atoms with van der Waals surface area (Å²) in [7, 11) is 0. The molecule has 0 unspecified atom stereocenters. The summed E-state index contributed by atoms with van der Waals surface area (Å²) >= 11 is 0. The van der Waals surface area contributed by atoms with Crippen LogP contribution in [0.1, 0.15) is 33.6 Å². The van der Waals surface area contributed by atoms with Crippen molar-refractivity contribution in [2.75, 3.05) is 13.1 Å². The van der Waals surface area contributed by atoms with E-state index in [9.17, 15) is 9.59 Å². The maximum absolute atomic E-state index is 11.7. The molecule has 2 amide bonds. The molecule has 0 aliphatic rings. The SMILES string of the molecule is N#CCCNC(=O)c1ccc(C(=O)NCCC#N)cc1. The van der Waals surface area contributed by atoms with Gasteiger partial charge in [0.2, 0.25) is 0 Å². The van der Waals surface area contributed by atoms with Gasteiger partial charge in [-0.05, 0) is 24.3 Å². The van der Waals surface area contributed by atoms with Crippen molar-refractivity contribution in [3.8, 4) is 12.1 Å². The number of nitrogens with zero attached hydrogens (tertiary/aromatic N) is 2. The van der Waals surface area contributed by atoms with Crippen LogP contribution in [0.15, 0.2) is 24.3 Å². The van der Waals surface area contributed by atoms with Gasteiger partial charge < -0.3 is 10.6 Å². The topological polar surface area (TPSA) is 106 Å². The van der Waals surface area contributed by atoms with E-state index < -0.39 is 0 Å². The summed E-state index contributed by atoms with van der Waals surface area (Å²) in [4.78, 5) is 23.3. The summed E-state index contributed by atoms with van der Waals surface area (Å²) in [5.74, 6) is -0.562. The Morgan fingerprint density at radius 2 is 1.20 bits per heavy atom. The van der Waals surface area contributed by atoms with Crippen LogP contribution < -0.4 is 10.6 Å². The Labute approximate surface area is 117 Å². The van der Waals surface area contributed by atoms with Crippen molar-refractivity contribution in [1.29, 1.82) is 10.5 Å². The molecule has 0 bridgehead atoms. The number of carbonyl (C=O) groups excluding carboxylic acids is 2. The van der Waals surface area contributed by atoms with Gasteiger partial charge in [0.1, 0.15) is 0 Å². The minimum Gasteiger partial charge on any atom is -0.351 e. The first kappa shape index (κ1) is 15.2. The molecule has 0 spiro atoms. The molecule has 0 heterocycles. The number of hydrogen-bond acceptors (Lipinski definition) is 4. The van der Waals surface area contributed by atoms with Crippen LogP contribution in [0.4, 0.5) is 0 Å². The Bertz CT molecular complexity index is 501. The van der Waals surface area contributed by atoms with Crippen molar-refractivity contribution in [3.05, 3.63) is 35.4 Å². The molecule has 1 rings (SSSR count). The van der Waals surface area contributed by atoms with Gasteiger partial charge in [0.05, 0.1) is 25.0 Å². The number of rotatable bonds is 6. The second-order valence-electron chi connectivity index (χ2n) is 3.91. The van der Waals surface area contributed by atoms with Crippen LogP contribution in [0.3, 0.4) is 0 Å². The highest BCUT2D eigenvalue weighted by Crippen LogP contribution is 2.04. The van der Waals surface area contributed by atoms with Gasteiger partial charge in [-0.3, -0.25) is 9.59 Å². The van der Waals surface area contributed by atoms with Crippen molar-refractivity contribution >= 4 is 11.8 Å². The minimum absolute atomic E-state index is 0.255. The first-order chi connectivity index (χ1) is 9.69. The Kier molecular flexibility index (Phi) is 6.29. The van der Waals surface area contributed by atoms with Crippen molar-refractivity contribution in [2.45, 2.75) is 12.8 Å². The molecule has 20 heavy (non-hydrogen) atoms. The maximum Gasteiger partial charge on any atom is 0.251 e. The Balaban J connectivity index is 2.56. The first-order valence-electron chi connectivity index (χ1n) is 6.09. The van der Waals surface area contributed by atoms with E-state index >= 15 is 0 Å². The number of benzene rings is 1. The molecule has 0 saturated heterocycles. The second-order valence-corrected chi connectivity index (χ2v) is 3.91. The molecule has 0 radical (unpaired) electrons. The highest BCUT2D eigenvalue weighted by Gasteiger charge is 2.08. The summed E-state index contributed by atoms with van der Waals surface area (Å²) in [6, 6.07) is 10.0. The Hall–Kier alpha value is -2.86. The van der Waals surface area contributed by atoms with Crippen molar-refractivity contribution < 1.29 is 9.59 Å². The molecule has 0 atom stereocenters. The quantitative estimate of drug-likeness (QED) is 0.751. The summed E-state index contributed by atoms with van der Waals surface area (Å²) in [6.07, 6.45) is 0.510. The first-order valence-corrected chi connectivity index (χ1v) is 6.09. The third-order valence-electron chi connectivity index (χ3n) is 2.45. The number of nitrogens with one attached hydrogen (secondary N) is 2. The molecular formula is C14H14N4O2. The minimum atomic E-state index is -0.281. The van der Waals surface area contributed by atoms with Crippen molar-refractivity contribution in [3.63, 3.8) is 0 Å². The molecule has 1 aromatic carbocycles. The summed E-state index contributed by atoms with van der Waals surface area (Å²) in [5, 5.41) is 21.9. The van der Waals surface area contributed by atoms with Gasteiger partial charge in [-0.1, -0.05) is 0 Å². The normalized spacial score (nSPS) is 9.10. The third-order valence-corrected chi connectivity index (χ3v) is 2.45. The lowest BCUT2D eigenvalue weighted by molar-refractivity contribution is 0.0942. The lowest BCUT2D eigenvalue weighted by Crippen LogP contribution is -2.25. The highest BCUT2D eigenvalue weighted by atomic mass is 16.2. The van der Waals surface area contributed by atoms with Gasteiger partial charge in [-0.2, -0.15) is 10.5 Å². The zero-order valence-electron chi connectivity index (χ0n) is 10.8. The lowest BCUT2D eigenvalue weighted by Gasteiger charge is -2.05. The van der Waals surface area contributed by atoms with E-state index in [4.69, 9.17) is 10.5 Å². The fraction of sp³-hybridized carbons (Fsp3) is 0.286. The molecule has 0 aliphatic heterocycles. The molecule has 102 valence electrons. The monoisotopic (exact) mass is 270 g/mol. The average molecular weight is 270 g/mol. The van der Waals surface area contributed by atoms with Gasteiger partial charge in [-0.15, -0.1) is 0 Å². The van der Waals surface area contributed by atoms with Gasteiger partial charge >= 0.3 is 0 Å². The number of hydrogen-bond donors (Lipinski definition) is 2. The van der Waals surface area contributed by atoms with E-state index in [1.165, 1.54) is 0 Å². The van der Waals surface area contributed by atoms with Crippen LogP contribution >= 0.6 is 0 Å². The number of carbonyl (C=O) groups is 2. The zero-order chi connectivity index (χ0) is 14.8. The van der Waals surface area contributed by atoms with Crippen LogP contribution in [0.2, 0.25) is 0 Å². The molecule has 1 aromatic rings. The van der Waals surface area contributed by atoms with Crippen molar-refractivity contribution in [1.82, 2.24) is 10.6 Å². The fourth-order valence-electron chi connectivity index (χ4n) is 1.44. The molecule has 2 N–H and O–H groups in total. The summed E-state index contributed by atoms with van der Waals surface area (Å²) < 4.78 is 0. The van der Waals surface area contributed by atoms with Crippen LogP contribution in [0, 0.1) is 22.7 Å². The van der Waals surface area contributed by atoms with Crippen LogP contribution in [0.5, 0.6) is 0 Å². The predicted octanol–water partition coefficient (Wildman–Crippen LogP) is 0.974. The van der Waals surface area contributed by atoms with Gasteiger partial charge in [0, 0.05) is 24.2 Å². The van der Waals surface area contributed by atoms with E-state index in [1.54, 1.807) is 24.3 Å². The Morgan fingerprint density at radius 3 is 1.50 bits per heavy atom. The molecule has 6 heteroatoms. The van der Waals surface area contributed by atoms with Crippen LogP contribution in [-0.2, 0) is 0 Å². The van der Waals surface area contributed by atoms with Gasteiger partial charge in [-0.25, -0.2) is 0 Å². The standard InChI is InChI=1S/C14H14N4O2/c15-7-1-9-17-13(19)11-3-5-12(6-4-11)14(20)18-10-2-8-16/h3-6H,1-2,9-10H2,(H,17,19)(H,18,20). The Morgan fingerprint density at radius 1 is 0.850 bits per heavy atom. The molecule has 0 fully saturated rings. The summed E-state index contributed by atoms with van der Waals surface area (Å²) in [6.45, 7) is 0.595. The lowest BCUT2D eigenvalue weighted by atomic mass is 10.1. The average Bonchev–Trinajstić information content (AvgIpc) is 2.47. The van der Waals surface area contributed by atoms with Crippen LogP contribution in [-0.4, -0.2) is 24.9 Å². The fourth-order valence-corrected chi connectivity index (χ4v) is 1.44. The van der Waals surface area contributed by atoms with Gasteiger partial charge in [0.15, 0.2) is 0 Å². The van der Waals surface area contributed by atoms with E-state index in [2.05, 4.69) is 10.6 Å². The van der Waals surface area contributed by atoms with Crippen LogP contribution in [0.25, 0.3) is 0 Å². The zero-order valence-corrected chi connectivity index (χ0v) is 10.8. The molecule has 0 saturated carbocycles. The smallest absolute Gasteiger partial charge is 0.251 e. The van der Waals surface area contributed by atoms with Crippen molar-refractivity contribution in [2.24, 2.45) is 0 Å².